The maximum Gasteiger partial charge on any atom is 0.252 e. The van der Waals surface area contributed by atoms with E-state index in [0.717, 1.165) is 29.1 Å². The molecule has 0 bridgehead atoms. The van der Waals surface area contributed by atoms with Crippen molar-refractivity contribution in [3.8, 4) is 0 Å². The number of aromatic amines is 1. The maximum atomic E-state index is 11.1. The van der Waals surface area contributed by atoms with Gasteiger partial charge in [0.25, 0.3) is 5.82 Å². The van der Waals surface area contributed by atoms with Crippen molar-refractivity contribution < 1.29 is 9.36 Å². The molecule has 2 aromatic carbocycles. The lowest BCUT2D eigenvalue weighted by Crippen LogP contribution is -2.36. The van der Waals surface area contributed by atoms with Crippen LogP contribution in [0.25, 0.3) is 11.0 Å². The summed E-state index contributed by atoms with van der Waals surface area (Å²) in [6.07, 6.45) is 0. The van der Waals surface area contributed by atoms with Gasteiger partial charge in [-0.1, -0.05) is 30.3 Å². The lowest BCUT2D eigenvalue weighted by molar-refractivity contribution is -0.668. The molecule has 0 radical (unpaired) electrons. The molecule has 0 saturated heterocycles. The highest BCUT2D eigenvalue weighted by molar-refractivity contribution is 5.90. The van der Waals surface area contributed by atoms with Crippen LogP contribution in [0.2, 0.25) is 0 Å². The molecule has 0 saturated carbocycles. The highest BCUT2D eigenvalue weighted by atomic mass is 16.1. The van der Waals surface area contributed by atoms with Crippen molar-refractivity contribution in [3.05, 3.63) is 59.9 Å². The second-order valence-electron chi connectivity index (χ2n) is 5.20. The zero-order chi connectivity index (χ0) is 14.8. The van der Waals surface area contributed by atoms with Crippen LogP contribution < -0.4 is 9.88 Å². The van der Waals surface area contributed by atoms with Crippen LogP contribution in [0.4, 0.5) is 5.69 Å². The van der Waals surface area contributed by atoms with Crippen molar-refractivity contribution in [2.75, 3.05) is 5.32 Å². The Labute approximate surface area is 123 Å². The Hall–Kier alpha value is -2.62. The summed E-state index contributed by atoms with van der Waals surface area (Å²) in [5.74, 6) is 1.03. The van der Waals surface area contributed by atoms with Crippen molar-refractivity contribution in [3.63, 3.8) is 0 Å². The summed E-state index contributed by atoms with van der Waals surface area (Å²) in [6, 6.07) is 16.3. The van der Waals surface area contributed by atoms with Crippen molar-refractivity contribution in [2.45, 2.75) is 20.4 Å². The topological polar surface area (TPSA) is 48.8 Å². The Kier molecular flexibility index (Phi) is 3.44. The van der Waals surface area contributed by atoms with E-state index in [2.05, 4.69) is 46.1 Å². The molecule has 1 amide bonds. The number of fused-ring (bicyclic) bond motifs is 1. The van der Waals surface area contributed by atoms with Crippen LogP contribution in [0.3, 0.4) is 0 Å². The van der Waals surface area contributed by atoms with E-state index in [1.54, 1.807) is 0 Å². The number of aromatic nitrogens is 2. The number of rotatable bonds is 3. The lowest BCUT2D eigenvalue weighted by atomic mass is 10.2. The van der Waals surface area contributed by atoms with Gasteiger partial charge in [0.05, 0.1) is 0 Å². The van der Waals surface area contributed by atoms with Gasteiger partial charge in [0, 0.05) is 25.6 Å². The minimum Gasteiger partial charge on any atom is -0.326 e. The molecule has 2 N–H and O–H groups in total. The first kappa shape index (κ1) is 13.4. The van der Waals surface area contributed by atoms with E-state index in [1.165, 1.54) is 12.5 Å². The Balaban J connectivity index is 1.99. The molecule has 0 aliphatic rings. The number of nitrogens with zero attached hydrogens (tertiary/aromatic N) is 1. The molecule has 1 heterocycles. The molecule has 0 atom stereocenters. The van der Waals surface area contributed by atoms with Gasteiger partial charge < -0.3 is 5.32 Å². The molecule has 0 aliphatic heterocycles. The van der Waals surface area contributed by atoms with Crippen LogP contribution in [0.5, 0.6) is 0 Å². The average Bonchev–Trinajstić information content (AvgIpc) is 2.75. The highest BCUT2D eigenvalue weighted by Gasteiger charge is 2.15. The third-order valence-corrected chi connectivity index (χ3v) is 3.51. The Bertz CT molecular complexity index is 790. The van der Waals surface area contributed by atoms with Gasteiger partial charge in [0.15, 0.2) is 11.0 Å². The third kappa shape index (κ3) is 2.79. The molecule has 0 unspecified atom stereocenters. The van der Waals surface area contributed by atoms with Gasteiger partial charge >= 0.3 is 0 Å². The monoisotopic (exact) mass is 280 g/mol. The minimum absolute atomic E-state index is 0.0604. The Morgan fingerprint density at radius 3 is 2.67 bits per heavy atom. The van der Waals surface area contributed by atoms with Crippen LogP contribution in [-0.4, -0.2) is 10.9 Å². The molecule has 3 rings (SSSR count). The Morgan fingerprint density at radius 2 is 1.95 bits per heavy atom. The number of carbonyl (C=O) groups excluding carboxylic acids is 1. The molecule has 3 aromatic rings. The number of H-pyrrole nitrogens is 1. The van der Waals surface area contributed by atoms with E-state index >= 15 is 0 Å². The predicted octanol–water partition coefficient (Wildman–Crippen LogP) is 2.77. The van der Waals surface area contributed by atoms with E-state index in [0.29, 0.717) is 0 Å². The van der Waals surface area contributed by atoms with E-state index in [4.69, 9.17) is 0 Å². The second kappa shape index (κ2) is 5.40. The molecule has 0 aliphatic carbocycles. The Morgan fingerprint density at radius 1 is 1.19 bits per heavy atom. The summed E-state index contributed by atoms with van der Waals surface area (Å²) in [6.45, 7) is 4.40. The van der Waals surface area contributed by atoms with Crippen molar-refractivity contribution in [1.82, 2.24) is 4.98 Å². The number of imidazole rings is 1. The summed E-state index contributed by atoms with van der Waals surface area (Å²) in [4.78, 5) is 14.5. The van der Waals surface area contributed by atoms with E-state index in [1.807, 2.05) is 24.3 Å². The van der Waals surface area contributed by atoms with Crippen LogP contribution in [0, 0.1) is 6.92 Å². The number of anilines is 1. The lowest BCUT2D eigenvalue weighted by Gasteiger charge is -2.02. The molecular weight excluding hydrogens is 262 g/mol. The summed E-state index contributed by atoms with van der Waals surface area (Å²) in [5.41, 5.74) is 4.22. The average molecular weight is 280 g/mol. The maximum absolute atomic E-state index is 11.1. The first-order valence-electron chi connectivity index (χ1n) is 6.97. The van der Waals surface area contributed by atoms with Gasteiger partial charge in [0.1, 0.15) is 6.54 Å². The third-order valence-electron chi connectivity index (χ3n) is 3.51. The first-order valence-corrected chi connectivity index (χ1v) is 6.97. The van der Waals surface area contributed by atoms with E-state index < -0.39 is 0 Å². The fraction of sp³-hybridized carbons (Fsp3) is 0.176. The molecule has 106 valence electrons. The fourth-order valence-electron chi connectivity index (χ4n) is 2.57. The van der Waals surface area contributed by atoms with Crippen molar-refractivity contribution in [1.29, 1.82) is 0 Å². The smallest absolute Gasteiger partial charge is 0.252 e. The SMILES string of the molecule is CC(=O)Nc1ccc2c(c1)[nH]c(C)[n+]2Cc1ccccc1. The van der Waals surface area contributed by atoms with Gasteiger partial charge in [-0.15, -0.1) is 0 Å². The molecule has 0 fully saturated rings. The number of hydrogen-bond acceptors (Lipinski definition) is 1. The van der Waals surface area contributed by atoms with Crippen molar-refractivity contribution >= 4 is 22.6 Å². The van der Waals surface area contributed by atoms with Crippen LogP contribution in [0.15, 0.2) is 48.5 Å². The standard InChI is InChI=1S/C17H17N3O/c1-12-18-16-10-15(19-13(2)21)8-9-17(16)20(12)11-14-6-4-3-5-7-14/h3-10H,11H2,1-2H3,(H,19,21)/p+1. The number of carbonyl (C=O) groups is 1. The fourth-order valence-corrected chi connectivity index (χ4v) is 2.57. The zero-order valence-corrected chi connectivity index (χ0v) is 12.2. The van der Waals surface area contributed by atoms with Gasteiger partial charge in [-0.25, -0.2) is 9.55 Å². The molecule has 21 heavy (non-hydrogen) atoms. The zero-order valence-electron chi connectivity index (χ0n) is 12.2. The quantitative estimate of drug-likeness (QED) is 0.712. The van der Waals surface area contributed by atoms with E-state index in [-0.39, 0.29) is 5.91 Å². The predicted molar refractivity (Wildman–Crippen MR) is 83.1 cm³/mol. The van der Waals surface area contributed by atoms with Crippen LogP contribution >= 0.6 is 0 Å². The molecule has 1 aromatic heterocycles. The highest BCUT2D eigenvalue weighted by Crippen LogP contribution is 2.16. The summed E-state index contributed by atoms with van der Waals surface area (Å²) < 4.78 is 2.24. The summed E-state index contributed by atoms with van der Waals surface area (Å²) in [7, 11) is 0. The number of benzene rings is 2. The molecule has 4 nitrogen and oxygen atoms in total. The molecule has 0 spiro atoms. The van der Waals surface area contributed by atoms with E-state index in [9.17, 15) is 4.79 Å². The number of hydrogen-bond donors (Lipinski definition) is 2. The number of aryl methyl sites for hydroxylation is 1. The normalized spacial score (nSPS) is 10.8. The number of amides is 1. The van der Waals surface area contributed by atoms with Crippen LogP contribution in [0.1, 0.15) is 18.3 Å². The minimum atomic E-state index is -0.0604. The summed E-state index contributed by atoms with van der Waals surface area (Å²) in [5, 5.41) is 2.81. The first-order chi connectivity index (χ1) is 10.1. The largest absolute Gasteiger partial charge is 0.326 e. The second-order valence-corrected chi connectivity index (χ2v) is 5.20. The van der Waals surface area contributed by atoms with Gasteiger partial charge in [0.2, 0.25) is 5.91 Å². The van der Waals surface area contributed by atoms with Gasteiger partial charge in [-0.2, -0.15) is 0 Å². The van der Waals surface area contributed by atoms with Gasteiger partial charge in [-0.05, 0) is 17.7 Å². The summed E-state index contributed by atoms with van der Waals surface area (Å²) >= 11 is 0. The molecular formula is C17H18N3O+. The number of nitrogens with one attached hydrogen (secondary N) is 2. The van der Waals surface area contributed by atoms with Crippen LogP contribution in [-0.2, 0) is 11.3 Å². The molecule has 4 heteroatoms. The van der Waals surface area contributed by atoms with Crippen molar-refractivity contribution in [2.24, 2.45) is 0 Å². The van der Waals surface area contributed by atoms with Gasteiger partial charge in [-0.3, -0.25) is 4.79 Å².